The number of hydrogen-bond acceptors (Lipinski definition) is 4. The average molecular weight is 234 g/mol. The van der Waals surface area contributed by atoms with E-state index in [0.29, 0.717) is 12.1 Å². The number of likely N-dealkylation sites (N-methyl/N-ethyl adjacent to an activating group) is 1. The first-order valence-corrected chi connectivity index (χ1v) is 5.87. The minimum absolute atomic E-state index is 0.153. The molecule has 0 radical (unpaired) electrons. The van der Waals surface area contributed by atoms with E-state index in [1.165, 1.54) is 12.8 Å². The molecule has 1 aliphatic carbocycles. The van der Waals surface area contributed by atoms with E-state index in [1.807, 2.05) is 0 Å². The van der Waals surface area contributed by atoms with Crippen LogP contribution >= 0.6 is 0 Å². The van der Waals surface area contributed by atoms with Gasteiger partial charge in [-0.25, -0.2) is 4.98 Å². The van der Waals surface area contributed by atoms with E-state index in [0.717, 1.165) is 12.6 Å². The van der Waals surface area contributed by atoms with Crippen molar-refractivity contribution in [3.05, 3.63) is 23.9 Å². The highest BCUT2D eigenvalue weighted by atomic mass is 16.1. The molecule has 1 aliphatic rings. The maximum Gasteiger partial charge on any atom is 0.255 e. The van der Waals surface area contributed by atoms with Gasteiger partial charge in [-0.05, 0) is 32.0 Å². The Balaban J connectivity index is 1.79. The number of nitrogen functional groups attached to an aromatic ring is 1. The van der Waals surface area contributed by atoms with E-state index < -0.39 is 0 Å². The lowest BCUT2D eigenvalue weighted by Gasteiger charge is -2.15. The highest BCUT2D eigenvalue weighted by molar-refractivity contribution is 5.98. The molecule has 5 heteroatoms. The van der Waals surface area contributed by atoms with Gasteiger partial charge < -0.3 is 16.0 Å². The fourth-order valence-electron chi connectivity index (χ4n) is 1.75. The average Bonchev–Trinajstić information content (AvgIpc) is 3.13. The zero-order chi connectivity index (χ0) is 12.3. The van der Waals surface area contributed by atoms with Crippen LogP contribution in [0.4, 0.5) is 5.82 Å². The van der Waals surface area contributed by atoms with Crippen LogP contribution in [0, 0.1) is 0 Å². The zero-order valence-corrected chi connectivity index (χ0v) is 10.0. The van der Waals surface area contributed by atoms with Crippen LogP contribution in [-0.2, 0) is 0 Å². The number of nitrogens with one attached hydrogen (secondary N) is 1. The highest BCUT2D eigenvalue weighted by Crippen LogP contribution is 2.24. The summed E-state index contributed by atoms with van der Waals surface area (Å²) in [6.07, 6.45) is 4.13. The normalized spacial score (nSPS) is 14.9. The molecule has 1 aromatic heterocycles. The number of carbonyl (C=O) groups excluding carboxylic acids is 1. The summed E-state index contributed by atoms with van der Waals surface area (Å²) in [4.78, 5) is 17.9. The fourth-order valence-corrected chi connectivity index (χ4v) is 1.75. The number of nitrogens with zero attached hydrogens (tertiary/aromatic N) is 2. The van der Waals surface area contributed by atoms with Crippen molar-refractivity contribution in [1.82, 2.24) is 15.2 Å². The molecule has 0 atom stereocenters. The molecule has 1 saturated carbocycles. The Hall–Kier alpha value is -1.62. The summed E-state index contributed by atoms with van der Waals surface area (Å²) in [6, 6.07) is 4.11. The quantitative estimate of drug-likeness (QED) is 0.777. The van der Waals surface area contributed by atoms with Crippen molar-refractivity contribution in [3.63, 3.8) is 0 Å². The van der Waals surface area contributed by atoms with Crippen molar-refractivity contribution in [2.75, 3.05) is 25.9 Å². The van der Waals surface area contributed by atoms with Crippen molar-refractivity contribution in [3.8, 4) is 0 Å². The Morgan fingerprint density at radius 2 is 2.41 bits per heavy atom. The molecule has 1 amide bonds. The fraction of sp³-hybridized carbons (Fsp3) is 0.500. The van der Waals surface area contributed by atoms with Crippen LogP contribution in [0.5, 0.6) is 0 Å². The Morgan fingerprint density at radius 3 is 3.06 bits per heavy atom. The second kappa shape index (κ2) is 5.14. The number of rotatable bonds is 5. The number of nitrogens with two attached hydrogens (primary N) is 1. The van der Waals surface area contributed by atoms with Gasteiger partial charge in [-0.3, -0.25) is 4.79 Å². The van der Waals surface area contributed by atoms with E-state index >= 15 is 0 Å². The number of carbonyl (C=O) groups is 1. The van der Waals surface area contributed by atoms with Crippen LogP contribution in [0.15, 0.2) is 18.3 Å². The van der Waals surface area contributed by atoms with Gasteiger partial charge in [0.1, 0.15) is 5.82 Å². The molecule has 1 heterocycles. The maximum absolute atomic E-state index is 11.8. The van der Waals surface area contributed by atoms with Crippen LogP contribution in [-0.4, -0.2) is 42.0 Å². The summed E-state index contributed by atoms with van der Waals surface area (Å²) in [7, 11) is 2.09. The van der Waals surface area contributed by atoms with Crippen LogP contribution in [0.25, 0.3) is 0 Å². The van der Waals surface area contributed by atoms with Gasteiger partial charge in [0.15, 0.2) is 0 Å². The molecular weight excluding hydrogens is 216 g/mol. The second-order valence-corrected chi connectivity index (χ2v) is 4.40. The van der Waals surface area contributed by atoms with Crippen molar-refractivity contribution < 1.29 is 4.79 Å². The minimum atomic E-state index is -0.153. The third-order valence-corrected chi connectivity index (χ3v) is 3.00. The van der Waals surface area contributed by atoms with Crippen LogP contribution < -0.4 is 11.1 Å². The van der Waals surface area contributed by atoms with Gasteiger partial charge >= 0.3 is 0 Å². The first-order valence-electron chi connectivity index (χ1n) is 5.87. The molecule has 1 aromatic rings. The lowest BCUT2D eigenvalue weighted by molar-refractivity contribution is 0.0950. The monoisotopic (exact) mass is 234 g/mol. The van der Waals surface area contributed by atoms with Crippen LogP contribution in [0.3, 0.4) is 0 Å². The molecular formula is C12H18N4O. The molecule has 0 bridgehead atoms. The van der Waals surface area contributed by atoms with Gasteiger partial charge in [-0.15, -0.1) is 0 Å². The predicted octanol–water partition coefficient (Wildman–Crippen LogP) is 0.488. The standard InChI is InChI=1S/C12H18N4O/c1-16(9-4-5-9)8-7-15-12(17)10-3-2-6-14-11(10)13/h2-3,6,9H,4-5,7-8H2,1H3,(H2,13,14)(H,15,17). The summed E-state index contributed by atoms with van der Waals surface area (Å²) in [5.74, 6) is 0.125. The molecule has 1 fully saturated rings. The Bertz CT molecular complexity index is 403. The summed E-state index contributed by atoms with van der Waals surface area (Å²) in [5, 5.41) is 2.85. The Kier molecular flexibility index (Phi) is 3.58. The molecule has 0 aliphatic heterocycles. The largest absolute Gasteiger partial charge is 0.383 e. The van der Waals surface area contributed by atoms with Crippen molar-refractivity contribution in [2.45, 2.75) is 18.9 Å². The predicted molar refractivity (Wildman–Crippen MR) is 66.6 cm³/mol. The molecule has 0 unspecified atom stereocenters. The molecule has 0 aromatic carbocycles. The molecule has 17 heavy (non-hydrogen) atoms. The van der Waals surface area contributed by atoms with E-state index in [9.17, 15) is 4.79 Å². The third-order valence-electron chi connectivity index (χ3n) is 3.00. The number of hydrogen-bond donors (Lipinski definition) is 2. The van der Waals surface area contributed by atoms with Crippen molar-refractivity contribution >= 4 is 11.7 Å². The molecule has 3 N–H and O–H groups in total. The highest BCUT2D eigenvalue weighted by Gasteiger charge is 2.25. The van der Waals surface area contributed by atoms with Crippen LogP contribution in [0.1, 0.15) is 23.2 Å². The van der Waals surface area contributed by atoms with E-state index in [1.54, 1.807) is 18.3 Å². The number of pyridine rings is 1. The summed E-state index contributed by atoms with van der Waals surface area (Å²) < 4.78 is 0. The number of aromatic nitrogens is 1. The molecule has 92 valence electrons. The topological polar surface area (TPSA) is 71.2 Å². The van der Waals surface area contributed by atoms with Gasteiger partial charge in [0.25, 0.3) is 5.91 Å². The minimum Gasteiger partial charge on any atom is -0.383 e. The third kappa shape index (κ3) is 3.17. The van der Waals surface area contributed by atoms with Gasteiger partial charge in [-0.2, -0.15) is 0 Å². The summed E-state index contributed by atoms with van der Waals surface area (Å²) >= 11 is 0. The molecule has 2 rings (SSSR count). The van der Waals surface area contributed by atoms with Gasteiger partial charge in [0, 0.05) is 25.3 Å². The van der Waals surface area contributed by atoms with Crippen LogP contribution in [0.2, 0.25) is 0 Å². The zero-order valence-electron chi connectivity index (χ0n) is 10.0. The second-order valence-electron chi connectivity index (χ2n) is 4.40. The van der Waals surface area contributed by atoms with Crippen molar-refractivity contribution in [2.24, 2.45) is 0 Å². The lowest BCUT2D eigenvalue weighted by atomic mass is 10.2. The SMILES string of the molecule is CN(CCNC(=O)c1cccnc1N)C1CC1. The molecule has 0 spiro atoms. The van der Waals surface area contributed by atoms with Gasteiger partial charge in [0.2, 0.25) is 0 Å². The Morgan fingerprint density at radius 1 is 1.65 bits per heavy atom. The summed E-state index contributed by atoms with van der Waals surface area (Å²) in [5.41, 5.74) is 6.07. The lowest BCUT2D eigenvalue weighted by Crippen LogP contribution is -2.34. The smallest absolute Gasteiger partial charge is 0.255 e. The first kappa shape index (κ1) is 11.9. The molecule has 0 saturated heterocycles. The van der Waals surface area contributed by atoms with Crippen molar-refractivity contribution in [1.29, 1.82) is 0 Å². The maximum atomic E-state index is 11.8. The van der Waals surface area contributed by atoms with E-state index in [4.69, 9.17) is 5.73 Å². The number of anilines is 1. The number of amides is 1. The molecule has 5 nitrogen and oxygen atoms in total. The summed E-state index contributed by atoms with van der Waals surface area (Å²) in [6.45, 7) is 1.51. The Labute approximate surface area is 101 Å². The first-order chi connectivity index (χ1) is 8.18. The van der Waals surface area contributed by atoms with E-state index in [-0.39, 0.29) is 11.7 Å². The van der Waals surface area contributed by atoms with Gasteiger partial charge in [-0.1, -0.05) is 0 Å². The van der Waals surface area contributed by atoms with Gasteiger partial charge in [0.05, 0.1) is 5.56 Å². The van der Waals surface area contributed by atoms with E-state index in [2.05, 4.69) is 22.2 Å².